The molecule has 12 heteroatoms. The molecule has 4 saturated heterocycles. The summed E-state index contributed by atoms with van der Waals surface area (Å²) in [4.78, 5) is 19.9. The number of piperazine rings is 2. The van der Waals surface area contributed by atoms with Crippen molar-refractivity contribution < 1.29 is 18.9 Å². The molecule has 0 spiro atoms. The summed E-state index contributed by atoms with van der Waals surface area (Å²) in [6.07, 6.45) is 0. The number of ether oxygens (including phenoxy) is 4. The van der Waals surface area contributed by atoms with Gasteiger partial charge in [-0.25, -0.2) is 9.97 Å². The number of aromatic nitrogens is 2. The van der Waals surface area contributed by atoms with Gasteiger partial charge in [-0.1, -0.05) is 71.7 Å². The number of pyridine rings is 2. The average molecular weight is 746 g/mol. The molecule has 4 aromatic rings. The molecule has 2 aromatic heterocycles. The third-order valence-electron chi connectivity index (χ3n) is 11.0. The molecule has 2 aromatic carbocycles. The van der Waals surface area contributed by atoms with Crippen molar-refractivity contribution in [2.24, 2.45) is 0 Å². The van der Waals surface area contributed by atoms with Gasteiger partial charge in [-0.2, -0.15) is 0 Å². The van der Waals surface area contributed by atoms with Gasteiger partial charge in [0.1, 0.15) is 0 Å². The van der Waals surface area contributed by atoms with Gasteiger partial charge in [0.2, 0.25) is 11.8 Å². The zero-order valence-electron chi connectivity index (χ0n) is 29.9. The second kappa shape index (κ2) is 16.0. The molecular formula is C40H46Cl2N6O4. The first-order valence-corrected chi connectivity index (χ1v) is 19.0. The summed E-state index contributed by atoms with van der Waals surface area (Å²) in [6.45, 7) is 13.3. The number of methoxy groups -OCH3 is 2. The van der Waals surface area contributed by atoms with Crippen LogP contribution >= 0.6 is 23.2 Å². The van der Waals surface area contributed by atoms with E-state index in [0.29, 0.717) is 33.9 Å². The lowest BCUT2D eigenvalue weighted by atomic mass is 9.98. The van der Waals surface area contributed by atoms with Crippen LogP contribution in [0.3, 0.4) is 0 Å². The third-order valence-corrected chi connectivity index (χ3v) is 11.8. The molecule has 0 bridgehead atoms. The average Bonchev–Trinajstić information content (AvgIpc) is 3.12. The first-order valence-electron chi connectivity index (χ1n) is 18.2. The van der Waals surface area contributed by atoms with Crippen molar-refractivity contribution in [1.82, 2.24) is 29.6 Å². The van der Waals surface area contributed by atoms with E-state index in [4.69, 9.17) is 52.1 Å². The Labute approximate surface area is 316 Å². The molecule has 0 radical (unpaired) electrons. The quantitative estimate of drug-likeness (QED) is 0.187. The van der Waals surface area contributed by atoms with E-state index in [9.17, 15) is 0 Å². The van der Waals surface area contributed by atoms with Gasteiger partial charge in [-0.05, 0) is 12.1 Å². The number of hydrogen-bond acceptors (Lipinski definition) is 10. The fourth-order valence-electron chi connectivity index (χ4n) is 7.63. The number of rotatable bonds is 11. The molecule has 0 N–H and O–H groups in total. The maximum absolute atomic E-state index is 7.18. The van der Waals surface area contributed by atoms with Gasteiger partial charge < -0.3 is 18.9 Å². The Kier molecular flexibility index (Phi) is 11.0. The molecule has 10 nitrogen and oxygen atoms in total. The van der Waals surface area contributed by atoms with Crippen molar-refractivity contribution in [3.8, 4) is 45.4 Å². The SMILES string of the molecule is COc1nc(-c2cccc(-c3cccc(-c4ccc(CN5CCN(C6COC6)CC5)c(OC)n4)c3Cl)c2Cl)ccc1CN1CCN(C2COC2)CC1. The fraction of sp³-hybridized carbons (Fsp3) is 0.450. The van der Waals surface area contributed by atoms with Crippen molar-refractivity contribution in [1.29, 1.82) is 0 Å². The Morgan fingerprint density at radius 3 is 1.29 bits per heavy atom. The Balaban J connectivity index is 0.987. The normalized spacial score (nSPS) is 19.7. The molecular weight excluding hydrogens is 699 g/mol. The van der Waals surface area contributed by atoms with Crippen molar-refractivity contribution in [3.05, 3.63) is 81.8 Å². The third kappa shape index (κ3) is 7.41. The van der Waals surface area contributed by atoms with Crippen LogP contribution in [0.2, 0.25) is 10.0 Å². The van der Waals surface area contributed by atoms with Gasteiger partial charge in [0, 0.05) is 98.8 Å². The molecule has 0 aliphatic carbocycles. The van der Waals surface area contributed by atoms with Crippen LogP contribution in [0.25, 0.3) is 33.6 Å². The Hall–Kier alpha value is -3.32. The van der Waals surface area contributed by atoms with Crippen molar-refractivity contribution in [2.75, 3.05) is 93.0 Å². The second-order valence-corrected chi connectivity index (χ2v) is 14.8. The summed E-state index contributed by atoms with van der Waals surface area (Å²) < 4.78 is 22.4. The van der Waals surface area contributed by atoms with Gasteiger partial charge in [0.15, 0.2) is 0 Å². The molecule has 0 amide bonds. The molecule has 0 unspecified atom stereocenters. The van der Waals surface area contributed by atoms with E-state index >= 15 is 0 Å². The number of nitrogens with zero attached hydrogens (tertiary/aromatic N) is 6. The van der Waals surface area contributed by atoms with Crippen LogP contribution in [-0.4, -0.2) is 135 Å². The highest BCUT2D eigenvalue weighted by Gasteiger charge is 2.30. The summed E-state index contributed by atoms with van der Waals surface area (Å²) in [5, 5.41) is 1.15. The molecule has 0 saturated carbocycles. The number of benzene rings is 2. The zero-order chi connectivity index (χ0) is 35.6. The summed E-state index contributed by atoms with van der Waals surface area (Å²) in [6, 6.07) is 21.4. The largest absolute Gasteiger partial charge is 0.481 e. The Morgan fingerprint density at radius 1 is 0.558 bits per heavy atom. The van der Waals surface area contributed by atoms with Gasteiger partial charge in [-0.15, -0.1) is 0 Å². The molecule has 6 heterocycles. The predicted octanol–water partition coefficient (Wildman–Crippen LogP) is 5.83. The van der Waals surface area contributed by atoms with Crippen LogP contribution in [0.4, 0.5) is 0 Å². The van der Waals surface area contributed by atoms with Gasteiger partial charge in [0.05, 0.1) is 74.2 Å². The zero-order valence-corrected chi connectivity index (χ0v) is 31.4. The van der Waals surface area contributed by atoms with E-state index in [0.717, 1.165) is 137 Å². The van der Waals surface area contributed by atoms with Gasteiger partial charge >= 0.3 is 0 Å². The first-order chi connectivity index (χ1) is 25.5. The van der Waals surface area contributed by atoms with Gasteiger partial charge in [0.25, 0.3) is 0 Å². The summed E-state index contributed by atoms with van der Waals surface area (Å²) in [5.74, 6) is 1.23. The van der Waals surface area contributed by atoms with Crippen LogP contribution in [-0.2, 0) is 22.6 Å². The minimum atomic E-state index is 0.575. The molecule has 4 aliphatic heterocycles. The lowest BCUT2D eigenvalue weighted by molar-refractivity contribution is -0.0774. The van der Waals surface area contributed by atoms with E-state index in [-0.39, 0.29) is 0 Å². The molecule has 4 aliphatic rings. The number of halogens is 2. The molecule has 274 valence electrons. The highest BCUT2D eigenvalue weighted by molar-refractivity contribution is 6.39. The van der Waals surface area contributed by atoms with Gasteiger partial charge in [-0.3, -0.25) is 19.6 Å². The predicted molar refractivity (Wildman–Crippen MR) is 204 cm³/mol. The molecule has 0 atom stereocenters. The Morgan fingerprint density at radius 2 is 0.942 bits per heavy atom. The van der Waals surface area contributed by atoms with E-state index < -0.39 is 0 Å². The van der Waals surface area contributed by atoms with E-state index in [1.54, 1.807) is 14.2 Å². The highest BCUT2D eigenvalue weighted by Crippen LogP contribution is 2.42. The lowest BCUT2D eigenvalue weighted by Crippen LogP contribution is -2.56. The maximum atomic E-state index is 7.18. The standard InChI is InChI=1S/C40H46Cl2N6O4/c1-49-39-27(21-45-13-17-47(18-14-45)29-23-51-24-29)9-11-35(43-39)33-7-3-5-31(37(33)41)32-6-4-8-34(38(32)42)36-12-10-28(40(44-36)50-2)22-46-15-19-48(20-16-46)30-25-52-26-30/h3-12,29-30H,13-26H2,1-2H3. The smallest absolute Gasteiger partial charge is 0.218 e. The minimum Gasteiger partial charge on any atom is -0.481 e. The molecule has 52 heavy (non-hydrogen) atoms. The summed E-state index contributed by atoms with van der Waals surface area (Å²) in [7, 11) is 3.35. The van der Waals surface area contributed by atoms with Crippen molar-refractivity contribution >= 4 is 23.2 Å². The van der Waals surface area contributed by atoms with E-state index in [1.807, 2.05) is 48.5 Å². The second-order valence-electron chi connectivity index (χ2n) is 14.1. The van der Waals surface area contributed by atoms with Crippen LogP contribution in [0, 0.1) is 0 Å². The monoisotopic (exact) mass is 744 g/mol. The topological polar surface area (TPSA) is 75.7 Å². The van der Waals surface area contributed by atoms with Crippen LogP contribution < -0.4 is 9.47 Å². The van der Waals surface area contributed by atoms with Crippen LogP contribution in [0.1, 0.15) is 11.1 Å². The van der Waals surface area contributed by atoms with Crippen molar-refractivity contribution in [3.63, 3.8) is 0 Å². The molecule has 8 rings (SSSR count). The lowest BCUT2D eigenvalue weighted by Gasteiger charge is -2.42. The van der Waals surface area contributed by atoms with E-state index in [1.165, 1.54) is 0 Å². The van der Waals surface area contributed by atoms with E-state index in [2.05, 4.69) is 31.7 Å². The summed E-state index contributed by atoms with van der Waals surface area (Å²) in [5.41, 5.74) is 6.88. The number of hydrogen-bond donors (Lipinski definition) is 0. The van der Waals surface area contributed by atoms with Crippen LogP contribution in [0.5, 0.6) is 11.8 Å². The maximum Gasteiger partial charge on any atom is 0.218 e. The first kappa shape index (κ1) is 35.7. The Bertz CT molecular complexity index is 1740. The van der Waals surface area contributed by atoms with Crippen molar-refractivity contribution in [2.45, 2.75) is 25.2 Å². The molecule has 4 fully saturated rings. The highest BCUT2D eigenvalue weighted by atomic mass is 35.5. The van der Waals surface area contributed by atoms with Crippen LogP contribution in [0.15, 0.2) is 60.7 Å². The fourth-order valence-corrected chi connectivity index (χ4v) is 8.28. The minimum absolute atomic E-state index is 0.575. The summed E-state index contributed by atoms with van der Waals surface area (Å²) >= 11 is 14.4.